The lowest BCUT2D eigenvalue weighted by atomic mass is 9.94. The summed E-state index contributed by atoms with van der Waals surface area (Å²) in [6, 6.07) is 0. The van der Waals surface area contributed by atoms with Crippen molar-refractivity contribution in [2.45, 2.75) is 32.1 Å². The molecule has 1 heterocycles. The van der Waals surface area contributed by atoms with Crippen LogP contribution in [0.3, 0.4) is 0 Å². The average Bonchev–Trinajstić information content (AvgIpc) is 2.68. The summed E-state index contributed by atoms with van der Waals surface area (Å²) in [5.74, 6) is 1.56. The molecule has 2 fully saturated rings. The highest BCUT2D eigenvalue weighted by atomic mass is 16.2. The predicted molar refractivity (Wildman–Crippen MR) is 60.6 cm³/mol. The highest BCUT2D eigenvalue weighted by Crippen LogP contribution is 2.29. The van der Waals surface area contributed by atoms with E-state index in [9.17, 15) is 4.79 Å². The maximum Gasteiger partial charge on any atom is 0.225 e. The number of carbonyl (C=O) groups excluding carboxylic acids is 1. The lowest BCUT2D eigenvalue weighted by Crippen LogP contribution is -2.52. The number of likely N-dealkylation sites (tertiary alicyclic amines) is 1. The SMILES string of the molecule is CNCCC1CN(C(=O)C2CCCC2)C1. The van der Waals surface area contributed by atoms with Crippen molar-refractivity contribution in [3.8, 4) is 0 Å². The standard InChI is InChI=1S/C12H22N2O/c1-13-7-6-10-8-14(9-10)12(15)11-4-2-3-5-11/h10-11,13H,2-9H2,1H3. The number of hydrogen-bond acceptors (Lipinski definition) is 2. The molecule has 3 heteroatoms. The molecule has 0 aromatic rings. The van der Waals surface area contributed by atoms with Crippen LogP contribution in [0, 0.1) is 11.8 Å². The molecular weight excluding hydrogens is 188 g/mol. The third-order valence-electron chi connectivity index (χ3n) is 3.78. The first kappa shape index (κ1) is 10.9. The fraction of sp³-hybridized carbons (Fsp3) is 0.917. The van der Waals surface area contributed by atoms with Crippen LogP contribution in [0.1, 0.15) is 32.1 Å². The zero-order valence-electron chi connectivity index (χ0n) is 9.67. The normalized spacial score (nSPS) is 23.1. The van der Waals surface area contributed by atoms with E-state index in [2.05, 4.69) is 10.2 Å². The van der Waals surface area contributed by atoms with Gasteiger partial charge in [-0.3, -0.25) is 4.79 Å². The summed E-state index contributed by atoms with van der Waals surface area (Å²) in [5, 5.41) is 3.16. The summed E-state index contributed by atoms with van der Waals surface area (Å²) >= 11 is 0. The molecule has 1 amide bonds. The van der Waals surface area contributed by atoms with Gasteiger partial charge in [0.05, 0.1) is 0 Å². The first-order valence-electron chi connectivity index (χ1n) is 6.24. The van der Waals surface area contributed by atoms with E-state index in [-0.39, 0.29) is 0 Å². The van der Waals surface area contributed by atoms with Gasteiger partial charge in [0.2, 0.25) is 5.91 Å². The van der Waals surface area contributed by atoms with Crippen LogP contribution >= 0.6 is 0 Å². The minimum Gasteiger partial charge on any atom is -0.342 e. The number of hydrogen-bond donors (Lipinski definition) is 1. The molecule has 15 heavy (non-hydrogen) atoms. The molecule has 0 aromatic heterocycles. The van der Waals surface area contributed by atoms with Crippen LogP contribution in [0.15, 0.2) is 0 Å². The molecule has 0 aromatic carbocycles. The molecule has 2 aliphatic rings. The molecule has 1 saturated carbocycles. The van der Waals surface area contributed by atoms with E-state index in [0.717, 1.165) is 38.4 Å². The van der Waals surface area contributed by atoms with Crippen LogP contribution in [-0.2, 0) is 4.79 Å². The Morgan fingerprint density at radius 1 is 1.33 bits per heavy atom. The van der Waals surface area contributed by atoms with Gasteiger partial charge in [0.15, 0.2) is 0 Å². The minimum absolute atomic E-state index is 0.371. The van der Waals surface area contributed by atoms with Gasteiger partial charge in [-0.25, -0.2) is 0 Å². The van der Waals surface area contributed by atoms with E-state index >= 15 is 0 Å². The molecule has 0 spiro atoms. The smallest absolute Gasteiger partial charge is 0.225 e. The van der Waals surface area contributed by atoms with E-state index in [1.54, 1.807) is 0 Å². The number of nitrogens with zero attached hydrogens (tertiary/aromatic N) is 1. The zero-order valence-corrected chi connectivity index (χ0v) is 9.67. The van der Waals surface area contributed by atoms with Gasteiger partial charge in [0, 0.05) is 19.0 Å². The summed E-state index contributed by atoms with van der Waals surface area (Å²) in [6.07, 6.45) is 6.00. The average molecular weight is 210 g/mol. The topological polar surface area (TPSA) is 32.3 Å². The van der Waals surface area contributed by atoms with E-state index in [1.165, 1.54) is 19.3 Å². The van der Waals surface area contributed by atoms with E-state index < -0.39 is 0 Å². The maximum absolute atomic E-state index is 12.0. The number of carbonyl (C=O) groups is 1. The highest BCUT2D eigenvalue weighted by Gasteiger charge is 2.34. The molecule has 1 aliphatic carbocycles. The van der Waals surface area contributed by atoms with Crippen molar-refractivity contribution >= 4 is 5.91 Å². The number of amides is 1. The second-order valence-electron chi connectivity index (χ2n) is 4.98. The van der Waals surface area contributed by atoms with Crippen LogP contribution < -0.4 is 5.32 Å². The molecule has 1 aliphatic heterocycles. The summed E-state index contributed by atoms with van der Waals surface area (Å²) in [5.41, 5.74) is 0. The van der Waals surface area contributed by atoms with Crippen molar-refractivity contribution in [1.82, 2.24) is 10.2 Å². The molecule has 3 nitrogen and oxygen atoms in total. The summed E-state index contributed by atoms with van der Waals surface area (Å²) in [4.78, 5) is 14.0. The van der Waals surface area contributed by atoms with Crippen LogP contribution in [0.25, 0.3) is 0 Å². The highest BCUT2D eigenvalue weighted by molar-refractivity contribution is 5.79. The van der Waals surface area contributed by atoms with Gasteiger partial charge in [0.1, 0.15) is 0 Å². The Labute approximate surface area is 92.2 Å². The minimum atomic E-state index is 0.371. The second kappa shape index (κ2) is 4.97. The van der Waals surface area contributed by atoms with Crippen molar-refractivity contribution in [1.29, 1.82) is 0 Å². The third kappa shape index (κ3) is 2.51. The second-order valence-corrected chi connectivity index (χ2v) is 4.98. The first-order valence-corrected chi connectivity index (χ1v) is 6.24. The van der Waals surface area contributed by atoms with Crippen molar-refractivity contribution in [3.05, 3.63) is 0 Å². The van der Waals surface area contributed by atoms with Crippen LogP contribution in [0.4, 0.5) is 0 Å². The molecule has 0 radical (unpaired) electrons. The van der Waals surface area contributed by atoms with E-state index in [0.29, 0.717) is 11.8 Å². The molecule has 2 rings (SSSR count). The van der Waals surface area contributed by atoms with Crippen molar-refractivity contribution in [2.75, 3.05) is 26.7 Å². The molecule has 86 valence electrons. The van der Waals surface area contributed by atoms with Crippen molar-refractivity contribution < 1.29 is 4.79 Å². The van der Waals surface area contributed by atoms with E-state index in [4.69, 9.17) is 0 Å². The largest absolute Gasteiger partial charge is 0.342 e. The van der Waals surface area contributed by atoms with E-state index in [1.807, 2.05) is 7.05 Å². The quantitative estimate of drug-likeness (QED) is 0.757. The van der Waals surface area contributed by atoms with Gasteiger partial charge >= 0.3 is 0 Å². The number of rotatable bonds is 4. The Morgan fingerprint density at radius 3 is 2.60 bits per heavy atom. The summed E-state index contributed by atoms with van der Waals surface area (Å²) < 4.78 is 0. The zero-order chi connectivity index (χ0) is 10.7. The fourth-order valence-electron chi connectivity index (χ4n) is 2.71. The van der Waals surface area contributed by atoms with Gasteiger partial charge in [-0.1, -0.05) is 12.8 Å². The Bertz CT molecular complexity index is 218. The fourth-order valence-corrected chi connectivity index (χ4v) is 2.71. The molecule has 0 bridgehead atoms. The summed E-state index contributed by atoms with van der Waals surface area (Å²) in [6.45, 7) is 3.10. The molecule has 1 saturated heterocycles. The Morgan fingerprint density at radius 2 is 2.00 bits per heavy atom. The van der Waals surface area contributed by atoms with Crippen LogP contribution in [0.5, 0.6) is 0 Å². The Kier molecular flexibility index (Phi) is 3.62. The lowest BCUT2D eigenvalue weighted by Gasteiger charge is -2.40. The maximum atomic E-state index is 12.0. The Hall–Kier alpha value is -0.570. The molecule has 0 unspecified atom stereocenters. The number of nitrogens with one attached hydrogen (secondary N) is 1. The summed E-state index contributed by atoms with van der Waals surface area (Å²) in [7, 11) is 1.99. The third-order valence-corrected chi connectivity index (χ3v) is 3.78. The van der Waals surface area contributed by atoms with Gasteiger partial charge in [-0.2, -0.15) is 0 Å². The van der Waals surface area contributed by atoms with Crippen LogP contribution in [0.2, 0.25) is 0 Å². The van der Waals surface area contributed by atoms with Crippen molar-refractivity contribution in [3.63, 3.8) is 0 Å². The molecule has 1 N–H and O–H groups in total. The van der Waals surface area contributed by atoms with Gasteiger partial charge < -0.3 is 10.2 Å². The van der Waals surface area contributed by atoms with Gasteiger partial charge in [-0.15, -0.1) is 0 Å². The predicted octanol–water partition coefficient (Wildman–Crippen LogP) is 1.24. The van der Waals surface area contributed by atoms with Gasteiger partial charge in [0.25, 0.3) is 0 Å². The molecule has 0 atom stereocenters. The first-order chi connectivity index (χ1) is 7.31. The monoisotopic (exact) mass is 210 g/mol. The Balaban J connectivity index is 1.67. The van der Waals surface area contributed by atoms with Crippen molar-refractivity contribution in [2.24, 2.45) is 11.8 Å². The molecular formula is C12H22N2O. The van der Waals surface area contributed by atoms with Gasteiger partial charge in [-0.05, 0) is 38.8 Å². The lowest BCUT2D eigenvalue weighted by molar-refractivity contribution is -0.141. The van der Waals surface area contributed by atoms with Crippen LogP contribution in [-0.4, -0.2) is 37.5 Å².